The SMILES string of the molecule is CC(NC(=O)c1n[nH]c(=O)[nH]1)c1ccc(OC(F)F)cc1. The molecule has 0 aliphatic carbocycles. The summed E-state index contributed by atoms with van der Waals surface area (Å²) in [6.45, 7) is -1.18. The van der Waals surface area contributed by atoms with E-state index in [1.165, 1.54) is 12.1 Å². The molecule has 3 N–H and O–H groups in total. The monoisotopic (exact) mass is 298 g/mol. The first-order chi connectivity index (χ1) is 9.95. The Labute approximate surface area is 117 Å². The fraction of sp³-hybridized carbons (Fsp3) is 0.250. The number of hydrogen-bond acceptors (Lipinski definition) is 4. The average molecular weight is 298 g/mol. The zero-order valence-corrected chi connectivity index (χ0v) is 10.9. The van der Waals surface area contributed by atoms with Crippen LogP contribution in [0.2, 0.25) is 0 Å². The highest BCUT2D eigenvalue weighted by Gasteiger charge is 2.14. The minimum atomic E-state index is -2.88. The fourth-order valence-electron chi connectivity index (χ4n) is 1.66. The third kappa shape index (κ3) is 3.88. The van der Waals surface area contributed by atoms with Gasteiger partial charge in [-0.15, -0.1) is 5.10 Å². The summed E-state index contributed by atoms with van der Waals surface area (Å²) >= 11 is 0. The maximum atomic E-state index is 12.0. The molecule has 0 fully saturated rings. The van der Waals surface area contributed by atoms with Gasteiger partial charge in [0.25, 0.3) is 5.91 Å². The molecular weight excluding hydrogens is 286 g/mol. The number of carbonyl (C=O) groups excluding carboxylic acids is 1. The number of halogens is 2. The molecule has 0 bridgehead atoms. The van der Waals surface area contributed by atoms with Crippen molar-refractivity contribution >= 4 is 5.91 Å². The van der Waals surface area contributed by atoms with Gasteiger partial charge >= 0.3 is 12.3 Å². The number of H-pyrrole nitrogens is 2. The van der Waals surface area contributed by atoms with Gasteiger partial charge in [-0.05, 0) is 24.6 Å². The highest BCUT2D eigenvalue weighted by Crippen LogP contribution is 2.19. The Morgan fingerprint density at radius 3 is 2.52 bits per heavy atom. The lowest BCUT2D eigenvalue weighted by molar-refractivity contribution is -0.0498. The molecule has 0 radical (unpaired) electrons. The lowest BCUT2D eigenvalue weighted by Gasteiger charge is -2.14. The van der Waals surface area contributed by atoms with E-state index in [9.17, 15) is 18.4 Å². The van der Waals surface area contributed by atoms with Gasteiger partial charge in [0.15, 0.2) is 0 Å². The highest BCUT2D eigenvalue weighted by atomic mass is 19.3. The molecule has 21 heavy (non-hydrogen) atoms. The van der Waals surface area contributed by atoms with E-state index < -0.39 is 24.3 Å². The molecule has 1 aromatic heterocycles. The van der Waals surface area contributed by atoms with Crippen molar-refractivity contribution in [3.63, 3.8) is 0 Å². The molecule has 0 aliphatic heterocycles. The molecule has 9 heteroatoms. The third-order valence-electron chi connectivity index (χ3n) is 2.67. The number of aromatic amines is 2. The molecule has 1 unspecified atom stereocenters. The van der Waals surface area contributed by atoms with Gasteiger partial charge < -0.3 is 10.1 Å². The molecule has 2 aromatic rings. The Morgan fingerprint density at radius 2 is 2.00 bits per heavy atom. The van der Waals surface area contributed by atoms with Gasteiger partial charge in [-0.3, -0.25) is 9.78 Å². The summed E-state index contributed by atoms with van der Waals surface area (Å²) in [5.41, 5.74) is 0.101. The van der Waals surface area contributed by atoms with Crippen LogP contribution in [0.1, 0.15) is 29.1 Å². The van der Waals surface area contributed by atoms with Gasteiger partial charge in [0.1, 0.15) is 5.75 Å². The zero-order valence-electron chi connectivity index (χ0n) is 10.9. The molecular formula is C12H12F2N4O3. The molecule has 1 atom stereocenters. The first-order valence-corrected chi connectivity index (χ1v) is 5.96. The lowest BCUT2D eigenvalue weighted by Crippen LogP contribution is -2.27. The largest absolute Gasteiger partial charge is 0.435 e. The maximum absolute atomic E-state index is 12.0. The predicted molar refractivity (Wildman–Crippen MR) is 68.2 cm³/mol. The first kappa shape index (κ1) is 14.7. The molecule has 1 aromatic carbocycles. The maximum Gasteiger partial charge on any atom is 0.387 e. The normalized spacial score (nSPS) is 12.2. The van der Waals surface area contributed by atoms with Crippen LogP contribution >= 0.6 is 0 Å². The van der Waals surface area contributed by atoms with Crippen molar-refractivity contribution in [3.8, 4) is 5.75 Å². The number of amides is 1. The number of benzene rings is 1. The number of alkyl halides is 2. The number of nitrogens with one attached hydrogen (secondary N) is 3. The second-order valence-corrected chi connectivity index (χ2v) is 4.17. The lowest BCUT2D eigenvalue weighted by atomic mass is 10.1. The van der Waals surface area contributed by atoms with Crippen LogP contribution in [0.4, 0.5) is 8.78 Å². The van der Waals surface area contributed by atoms with Crippen LogP contribution in [-0.4, -0.2) is 27.7 Å². The van der Waals surface area contributed by atoms with Gasteiger partial charge in [-0.1, -0.05) is 12.1 Å². The van der Waals surface area contributed by atoms with Crippen molar-refractivity contribution in [1.29, 1.82) is 0 Å². The zero-order chi connectivity index (χ0) is 15.4. The Bertz CT molecular complexity index is 666. The van der Waals surface area contributed by atoms with Crippen LogP contribution < -0.4 is 15.7 Å². The summed E-state index contributed by atoms with van der Waals surface area (Å²) in [5, 5.41) is 8.18. The van der Waals surface area contributed by atoms with Crippen LogP contribution in [0.3, 0.4) is 0 Å². The molecule has 0 spiro atoms. The molecule has 0 saturated carbocycles. The predicted octanol–water partition coefficient (Wildman–Crippen LogP) is 1.19. The number of rotatable bonds is 5. The second kappa shape index (κ2) is 6.16. The minimum absolute atomic E-state index is 0.0314. The Hall–Kier alpha value is -2.71. The molecule has 1 heterocycles. The van der Waals surface area contributed by atoms with Crippen LogP contribution in [0, 0.1) is 0 Å². The topological polar surface area (TPSA) is 99.9 Å². The summed E-state index contributed by atoms with van der Waals surface area (Å²) in [4.78, 5) is 24.8. The molecule has 2 rings (SSSR count). The van der Waals surface area contributed by atoms with Crippen molar-refractivity contribution in [2.75, 3.05) is 0 Å². The number of nitrogens with zero attached hydrogens (tertiary/aromatic N) is 1. The van der Waals surface area contributed by atoms with E-state index in [-0.39, 0.29) is 11.6 Å². The third-order valence-corrected chi connectivity index (χ3v) is 2.67. The van der Waals surface area contributed by atoms with Crippen molar-refractivity contribution in [1.82, 2.24) is 20.5 Å². The van der Waals surface area contributed by atoms with Crippen molar-refractivity contribution in [2.24, 2.45) is 0 Å². The molecule has 112 valence electrons. The summed E-state index contributed by atoms with van der Waals surface area (Å²) in [6, 6.07) is 5.45. The minimum Gasteiger partial charge on any atom is -0.435 e. The fourth-order valence-corrected chi connectivity index (χ4v) is 1.66. The van der Waals surface area contributed by atoms with E-state index in [1.54, 1.807) is 19.1 Å². The molecule has 0 saturated heterocycles. The van der Waals surface area contributed by atoms with E-state index in [4.69, 9.17) is 0 Å². The standard InChI is InChI=1S/C12H12F2N4O3/c1-6(15-10(19)9-16-12(20)18-17-9)7-2-4-8(5-3-7)21-11(13)14/h2-6,11H,1H3,(H,15,19)(H2,16,17,18,20). The van der Waals surface area contributed by atoms with Gasteiger partial charge in [0, 0.05) is 0 Å². The Kier molecular flexibility index (Phi) is 4.31. The van der Waals surface area contributed by atoms with Crippen molar-refractivity contribution in [3.05, 3.63) is 46.1 Å². The summed E-state index contributed by atoms with van der Waals surface area (Å²) in [6.07, 6.45) is 0. The molecule has 1 amide bonds. The van der Waals surface area contributed by atoms with Crippen LogP contribution in [0.5, 0.6) is 5.75 Å². The van der Waals surface area contributed by atoms with E-state index in [0.717, 1.165) is 0 Å². The van der Waals surface area contributed by atoms with E-state index in [2.05, 4.69) is 25.2 Å². The number of carbonyl (C=O) groups is 1. The Balaban J connectivity index is 2.01. The number of aromatic nitrogens is 3. The summed E-state index contributed by atoms with van der Waals surface area (Å²) in [5.74, 6) is -0.665. The van der Waals surface area contributed by atoms with Crippen molar-refractivity contribution in [2.45, 2.75) is 19.6 Å². The quantitative estimate of drug-likeness (QED) is 0.772. The van der Waals surface area contributed by atoms with E-state index >= 15 is 0 Å². The van der Waals surface area contributed by atoms with E-state index in [1.807, 2.05) is 0 Å². The van der Waals surface area contributed by atoms with Crippen molar-refractivity contribution < 1.29 is 18.3 Å². The molecule has 0 aliphatic rings. The van der Waals surface area contributed by atoms with Crippen LogP contribution in [0.15, 0.2) is 29.1 Å². The first-order valence-electron chi connectivity index (χ1n) is 5.96. The number of hydrogen-bond donors (Lipinski definition) is 3. The van der Waals surface area contributed by atoms with Gasteiger partial charge in [-0.2, -0.15) is 8.78 Å². The molecule has 7 nitrogen and oxygen atoms in total. The van der Waals surface area contributed by atoms with Gasteiger partial charge in [0.2, 0.25) is 5.82 Å². The highest BCUT2D eigenvalue weighted by molar-refractivity contribution is 5.90. The van der Waals surface area contributed by atoms with Crippen LogP contribution in [0.25, 0.3) is 0 Å². The Morgan fingerprint density at radius 1 is 1.33 bits per heavy atom. The summed E-state index contributed by atoms with van der Waals surface area (Å²) < 4.78 is 28.3. The van der Waals surface area contributed by atoms with Gasteiger partial charge in [-0.25, -0.2) is 9.89 Å². The second-order valence-electron chi connectivity index (χ2n) is 4.17. The number of ether oxygens (including phenoxy) is 1. The smallest absolute Gasteiger partial charge is 0.387 e. The van der Waals surface area contributed by atoms with E-state index in [0.29, 0.717) is 5.56 Å². The average Bonchev–Trinajstić information content (AvgIpc) is 2.85. The van der Waals surface area contributed by atoms with Gasteiger partial charge in [0.05, 0.1) is 6.04 Å². The van der Waals surface area contributed by atoms with Crippen LogP contribution in [-0.2, 0) is 0 Å². The summed E-state index contributed by atoms with van der Waals surface area (Å²) in [7, 11) is 0.